The molecule has 1 amide bonds. The van der Waals surface area contributed by atoms with Gasteiger partial charge >= 0.3 is 0 Å². The molecule has 1 aliphatic heterocycles. The van der Waals surface area contributed by atoms with Crippen LogP contribution in [0.4, 0.5) is 13.2 Å². The minimum absolute atomic E-state index is 0.00898. The first kappa shape index (κ1) is 23.3. The Morgan fingerprint density at radius 3 is 2.48 bits per heavy atom. The monoisotopic (exact) mass is 476 g/mol. The fourth-order valence-corrected chi connectivity index (χ4v) is 3.41. The second-order valence-electron chi connectivity index (χ2n) is 6.70. The van der Waals surface area contributed by atoms with E-state index in [2.05, 4.69) is 4.98 Å². The van der Waals surface area contributed by atoms with Gasteiger partial charge in [0.1, 0.15) is 17.9 Å². The normalized spacial score (nSPS) is 16.3. The average Bonchev–Trinajstić information content (AvgIpc) is 2.74. The molecule has 0 aliphatic carbocycles. The molecule has 1 saturated heterocycles. The molecule has 11 heteroatoms. The van der Waals surface area contributed by atoms with E-state index in [0.717, 1.165) is 18.2 Å². The summed E-state index contributed by atoms with van der Waals surface area (Å²) in [6.45, 7) is 1.63. The van der Waals surface area contributed by atoms with Crippen molar-refractivity contribution in [2.45, 2.75) is 19.4 Å². The van der Waals surface area contributed by atoms with Crippen LogP contribution in [0.15, 0.2) is 18.2 Å². The molecule has 1 fully saturated rings. The number of halogens is 5. The average molecular weight is 477 g/mol. The van der Waals surface area contributed by atoms with E-state index in [9.17, 15) is 22.8 Å². The molecule has 31 heavy (non-hydrogen) atoms. The van der Waals surface area contributed by atoms with Crippen LogP contribution < -0.4 is 4.74 Å². The Hall–Kier alpha value is -2.36. The first-order valence-electron chi connectivity index (χ1n) is 9.28. The molecule has 6 nitrogen and oxygen atoms in total. The van der Waals surface area contributed by atoms with Gasteiger partial charge in [-0.2, -0.15) is 0 Å². The van der Waals surface area contributed by atoms with E-state index in [-0.39, 0.29) is 49.0 Å². The first-order chi connectivity index (χ1) is 14.7. The molecule has 1 aromatic heterocycles. The third kappa shape index (κ3) is 5.28. The van der Waals surface area contributed by atoms with Crippen molar-refractivity contribution in [2.24, 2.45) is 0 Å². The van der Waals surface area contributed by atoms with Crippen molar-refractivity contribution in [3.8, 4) is 5.75 Å². The predicted molar refractivity (Wildman–Crippen MR) is 106 cm³/mol. The molecule has 166 valence electrons. The predicted octanol–water partition coefficient (Wildman–Crippen LogP) is 4.32. The molecular formula is C20H17Cl2F3N2O4. The number of carbonyl (C=O) groups is 2. The lowest BCUT2D eigenvalue weighted by Crippen LogP contribution is -2.47. The molecule has 0 N–H and O–H groups in total. The van der Waals surface area contributed by atoms with Crippen molar-refractivity contribution in [1.29, 1.82) is 0 Å². The molecule has 1 aliphatic rings. The third-order valence-corrected chi connectivity index (χ3v) is 5.15. The van der Waals surface area contributed by atoms with Crippen molar-refractivity contribution >= 4 is 34.9 Å². The second-order valence-corrected chi connectivity index (χ2v) is 7.42. The van der Waals surface area contributed by atoms with Crippen molar-refractivity contribution in [3.05, 3.63) is 57.1 Å². The highest BCUT2D eigenvalue weighted by Crippen LogP contribution is 2.26. The molecule has 1 aromatic carbocycles. The van der Waals surface area contributed by atoms with E-state index in [4.69, 9.17) is 32.7 Å². The summed E-state index contributed by atoms with van der Waals surface area (Å²) < 4.78 is 52.8. The highest BCUT2D eigenvalue weighted by molar-refractivity contribution is 6.34. The Kier molecular flexibility index (Phi) is 7.40. The van der Waals surface area contributed by atoms with Crippen LogP contribution in [0.1, 0.15) is 34.1 Å². The molecule has 1 atom stereocenters. The van der Waals surface area contributed by atoms with Gasteiger partial charge in [0.2, 0.25) is 0 Å². The standard InChI is InChI=1S/C20H17Cl2F3N2O4/c1-2-16(28)10-5-13(23)17(14(24)6-10)31-9-11-8-27(3-4-30-11)20(29)12-7-15(25)19(22)26-18(12)21/h5-7,11H,2-4,8-9H2,1H3. The van der Waals surface area contributed by atoms with Crippen LogP contribution in [0.25, 0.3) is 0 Å². The van der Waals surface area contributed by atoms with Gasteiger partial charge in [0.25, 0.3) is 5.91 Å². The number of rotatable bonds is 6. The van der Waals surface area contributed by atoms with Gasteiger partial charge in [-0.25, -0.2) is 18.2 Å². The summed E-state index contributed by atoms with van der Waals surface area (Å²) in [5, 5.41) is -0.702. The number of Topliss-reactive ketones (excluding diaryl/α,β-unsaturated/α-hetero) is 1. The fraction of sp³-hybridized carbons (Fsp3) is 0.350. The zero-order chi connectivity index (χ0) is 22.7. The van der Waals surface area contributed by atoms with Crippen LogP contribution in [0.3, 0.4) is 0 Å². The number of morpholine rings is 1. The Balaban J connectivity index is 1.68. The van der Waals surface area contributed by atoms with E-state index in [1.54, 1.807) is 6.92 Å². The van der Waals surface area contributed by atoms with Gasteiger partial charge < -0.3 is 14.4 Å². The molecule has 0 radical (unpaired) electrons. The number of aromatic nitrogens is 1. The fourth-order valence-electron chi connectivity index (χ4n) is 3.01. The van der Waals surface area contributed by atoms with E-state index in [0.29, 0.717) is 0 Å². The molecule has 0 spiro atoms. The zero-order valence-corrected chi connectivity index (χ0v) is 17.8. The van der Waals surface area contributed by atoms with Crippen molar-refractivity contribution < 1.29 is 32.2 Å². The number of amides is 1. The van der Waals surface area contributed by atoms with Crippen LogP contribution in [0.5, 0.6) is 5.75 Å². The zero-order valence-electron chi connectivity index (χ0n) is 16.3. The molecule has 0 bridgehead atoms. The van der Waals surface area contributed by atoms with Crippen LogP contribution in [0.2, 0.25) is 10.3 Å². The number of hydrogen-bond donors (Lipinski definition) is 0. The maximum atomic E-state index is 14.2. The summed E-state index contributed by atoms with van der Waals surface area (Å²) >= 11 is 11.4. The number of pyridine rings is 1. The Labute approximate surface area is 185 Å². The minimum Gasteiger partial charge on any atom is -0.485 e. The smallest absolute Gasteiger partial charge is 0.257 e. The summed E-state index contributed by atoms with van der Waals surface area (Å²) in [7, 11) is 0. The summed E-state index contributed by atoms with van der Waals surface area (Å²) in [6, 6.07) is 2.71. The number of ether oxygens (including phenoxy) is 2. The van der Waals surface area contributed by atoms with E-state index in [1.165, 1.54) is 4.90 Å². The number of nitrogens with zero attached hydrogens (tertiary/aromatic N) is 2. The summed E-state index contributed by atoms with van der Waals surface area (Å²) in [4.78, 5) is 29.2. The van der Waals surface area contributed by atoms with Crippen molar-refractivity contribution in [2.75, 3.05) is 26.3 Å². The topological polar surface area (TPSA) is 68.7 Å². The molecule has 2 aromatic rings. The van der Waals surface area contributed by atoms with Gasteiger partial charge in [0.05, 0.1) is 18.7 Å². The number of ketones is 1. The van der Waals surface area contributed by atoms with Gasteiger partial charge in [0, 0.05) is 18.5 Å². The number of benzene rings is 1. The number of hydrogen-bond acceptors (Lipinski definition) is 5. The van der Waals surface area contributed by atoms with Crippen LogP contribution in [0, 0.1) is 17.5 Å². The molecule has 1 unspecified atom stereocenters. The maximum Gasteiger partial charge on any atom is 0.257 e. The van der Waals surface area contributed by atoms with Gasteiger partial charge in [-0.05, 0) is 18.2 Å². The third-order valence-electron chi connectivity index (χ3n) is 4.60. The van der Waals surface area contributed by atoms with Gasteiger partial charge in [-0.15, -0.1) is 0 Å². The largest absolute Gasteiger partial charge is 0.485 e. The molecule has 2 heterocycles. The van der Waals surface area contributed by atoms with E-state index < -0.39 is 46.1 Å². The van der Waals surface area contributed by atoms with Crippen molar-refractivity contribution in [3.63, 3.8) is 0 Å². The lowest BCUT2D eigenvalue weighted by Gasteiger charge is -2.33. The van der Waals surface area contributed by atoms with Crippen LogP contribution in [-0.4, -0.2) is 54.0 Å². The second kappa shape index (κ2) is 9.84. The summed E-state index contributed by atoms with van der Waals surface area (Å²) in [6.07, 6.45) is -0.604. The molecule has 0 saturated carbocycles. The SMILES string of the molecule is CCC(=O)c1cc(F)c(OCC2CN(C(=O)c3cc(F)c(Cl)nc3Cl)CCO2)c(F)c1. The summed E-state index contributed by atoms with van der Waals surface area (Å²) in [5.41, 5.74) is -0.255. The highest BCUT2D eigenvalue weighted by Gasteiger charge is 2.28. The lowest BCUT2D eigenvalue weighted by molar-refractivity contribution is -0.0410. The van der Waals surface area contributed by atoms with Gasteiger partial charge in [-0.1, -0.05) is 30.1 Å². The van der Waals surface area contributed by atoms with E-state index in [1.807, 2.05) is 0 Å². The number of carbonyl (C=O) groups excluding carboxylic acids is 2. The Morgan fingerprint density at radius 2 is 1.84 bits per heavy atom. The maximum absolute atomic E-state index is 14.2. The summed E-state index contributed by atoms with van der Waals surface area (Å²) in [5.74, 6) is -4.57. The highest BCUT2D eigenvalue weighted by atomic mass is 35.5. The minimum atomic E-state index is -1.02. The quantitative estimate of drug-likeness (QED) is 0.458. The van der Waals surface area contributed by atoms with Crippen LogP contribution in [-0.2, 0) is 4.74 Å². The van der Waals surface area contributed by atoms with Crippen molar-refractivity contribution in [1.82, 2.24) is 9.88 Å². The van der Waals surface area contributed by atoms with Gasteiger partial charge in [0.15, 0.2) is 34.1 Å². The first-order valence-corrected chi connectivity index (χ1v) is 10.0. The lowest BCUT2D eigenvalue weighted by atomic mass is 10.1. The molecule has 3 rings (SSSR count). The van der Waals surface area contributed by atoms with Crippen LogP contribution >= 0.6 is 23.2 Å². The van der Waals surface area contributed by atoms with Gasteiger partial charge in [-0.3, -0.25) is 9.59 Å². The Bertz CT molecular complexity index is 999. The van der Waals surface area contributed by atoms with E-state index >= 15 is 0 Å². The molecular weight excluding hydrogens is 460 g/mol. The Morgan fingerprint density at radius 1 is 1.16 bits per heavy atom.